The fourth-order valence-corrected chi connectivity index (χ4v) is 5.85. The van der Waals surface area contributed by atoms with E-state index < -0.39 is 11.0 Å². The average molecular weight is 322 g/mol. The lowest BCUT2D eigenvalue weighted by Crippen LogP contribution is -2.64. The van der Waals surface area contributed by atoms with E-state index in [-0.39, 0.29) is 17.4 Å². The highest BCUT2D eigenvalue weighted by atomic mass is 16.6. The fourth-order valence-electron chi connectivity index (χ4n) is 5.85. The van der Waals surface area contributed by atoms with Crippen LogP contribution in [0, 0.1) is 16.7 Å². The van der Waals surface area contributed by atoms with E-state index in [1.54, 1.807) is 14.0 Å². The normalized spacial score (nSPS) is 40.7. The molecule has 4 unspecified atom stereocenters. The molecule has 4 bridgehead atoms. The van der Waals surface area contributed by atoms with Gasteiger partial charge in [-0.1, -0.05) is 6.58 Å². The molecule has 23 heavy (non-hydrogen) atoms. The second kappa shape index (κ2) is 5.33. The second-order valence-corrected chi connectivity index (χ2v) is 8.07. The van der Waals surface area contributed by atoms with Gasteiger partial charge in [-0.2, -0.15) is 0 Å². The van der Waals surface area contributed by atoms with Gasteiger partial charge in [-0.05, 0) is 50.4 Å². The Bertz CT molecular complexity index is 556. The van der Waals surface area contributed by atoms with Crippen molar-refractivity contribution in [2.75, 3.05) is 20.8 Å². The minimum absolute atomic E-state index is 0.0995. The highest BCUT2D eigenvalue weighted by Crippen LogP contribution is 2.68. The van der Waals surface area contributed by atoms with E-state index in [2.05, 4.69) is 6.58 Å². The fraction of sp³-hybridized carbons (Fsp3) is 0.778. The molecule has 4 rings (SSSR count). The van der Waals surface area contributed by atoms with Crippen molar-refractivity contribution in [1.29, 1.82) is 0 Å². The summed E-state index contributed by atoms with van der Waals surface area (Å²) in [5, 5.41) is 0. The summed E-state index contributed by atoms with van der Waals surface area (Å²) in [7, 11) is 3.13. The van der Waals surface area contributed by atoms with Crippen molar-refractivity contribution in [3.8, 4) is 0 Å². The summed E-state index contributed by atoms with van der Waals surface area (Å²) in [5.41, 5.74) is -0.823. The molecule has 4 atom stereocenters. The number of ether oxygens (including phenoxy) is 3. The molecule has 0 aliphatic heterocycles. The minimum atomic E-state index is -0.581. The van der Waals surface area contributed by atoms with E-state index in [1.807, 2.05) is 0 Å². The van der Waals surface area contributed by atoms with E-state index in [4.69, 9.17) is 14.2 Å². The van der Waals surface area contributed by atoms with Crippen LogP contribution >= 0.6 is 0 Å². The van der Waals surface area contributed by atoms with E-state index in [0.717, 1.165) is 32.1 Å². The Balaban J connectivity index is 1.97. The van der Waals surface area contributed by atoms with E-state index in [1.165, 1.54) is 7.11 Å². The lowest BCUT2D eigenvalue weighted by molar-refractivity contribution is -0.233. The zero-order valence-corrected chi connectivity index (χ0v) is 14.3. The number of carbonyl (C=O) groups is 2. The predicted molar refractivity (Wildman–Crippen MR) is 83.6 cm³/mol. The van der Waals surface area contributed by atoms with Gasteiger partial charge in [0.25, 0.3) is 0 Å². The van der Waals surface area contributed by atoms with Crippen LogP contribution in [0.4, 0.5) is 0 Å². The molecule has 0 N–H and O–H groups in total. The molecular weight excluding hydrogens is 296 g/mol. The molecule has 4 aliphatic rings. The molecule has 0 saturated heterocycles. The molecule has 4 fully saturated rings. The van der Waals surface area contributed by atoms with Gasteiger partial charge < -0.3 is 14.2 Å². The maximum Gasteiger partial charge on any atom is 0.333 e. The number of hydrogen-bond acceptors (Lipinski definition) is 5. The van der Waals surface area contributed by atoms with Crippen molar-refractivity contribution in [3.05, 3.63) is 12.2 Å². The van der Waals surface area contributed by atoms with Crippen LogP contribution in [-0.4, -0.2) is 38.4 Å². The van der Waals surface area contributed by atoms with Crippen LogP contribution in [0.2, 0.25) is 0 Å². The quantitative estimate of drug-likeness (QED) is 0.575. The number of rotatable bonds is 5. The van der Waals surface area contributed by atoms with Crippen LogP contribution in [-0.2, 0) is 23.8 Å². The molecule has 0 heterocycles. The Morgan fingerprint density at radius 3 is 2.48 bits per heavy atom. The van der Waals surface area contributed by atoms with Gasteiger partial charge in [-0.25, -0.2) is 4.79 Å². The summed E-state index contributed by atoms with van der Waals surface area (Å²) < 4.78 is 16.5. The predicted octanol–water partition coefficient (Wildman–Crippen LogP) is 2.63. The maximum atomic E-state index is 12.6. The van der Waals surface area contributed by atoms with Gasteiger partial charge >= 0.3 is 11.9 Å². The first-order valence-corrected chi connectivity index (χ1v) is 8.24. The van der Waals surface area contributed by atoms with Gasteiger partial charge in [0, 0.05) is 19.1 Å². The smallest absolute Gasteiger partial charge is 0.333 e. The lowest BCUT2D eigenvalue weighted by Gasteiger charge is -2.64. The molecule has 4 saturated carbocycles. The zero-order chi connectivity index (χ0) is 16.9. The highest BCUT2D eigenvalue weighted by Gasteiger charge is 2.67. The summed E-state index contributed by atoms with van der Waals surface area (Å²) in [5.74, 6) is -0.157. The molecule has 0 aromatic heterocycles. The van der Waals surface area contributed by atoms with Crippen molar-refractivity contribution in [1.82, 2.24) is 0 Å². The van der Waals surface area contributed by atoms with Gasteiger partial charge in [-0.15, -0.1) is 0 Å². The van der Waals surface area contributed by atoms with Gasteiger partial charge in [-0.3, -0.25) is 4.79 Å². The topological polar surface area (TPSA) is 61.8 Å². The molecule has 0 aromatic rings. The summed E-state index contributed by atoms with van der Waals surface area (Å²) in [6.07, 6.45) is 4.79. The molecule has 128 valence electrons. The van der Waals surface area contributed by atoms with Crippen molar-refractivity contribution < 1.29 is 23.8 Å². The molecule has 0 radical (unpaired) electrons. The highest BCUT2D eigenvalue weighted by molar-refractivity contribution is 5.87. The second-order valence-electron chi connectivity index (χ2n) is 8.07. The first-order chi connectivity index (χ1) is 10.8. The number of methoxy groups -OCH3 is 2. The summed E-state index contributed by atoms with van der Waals surface area (Å²) in [6, 6.07) is 0. The van der Waals surface area contributed by atoms with Crippen molar-refractivity contribution in [2.45, 2.75) is 51.0 Å². The van der Waals surface area contributed by atoms with Crippen molar-refractivity contribution >= 4 is 11.9 Å². The van der Waals surface area contributed by atoms with Crippen LogP contribution in [0.3, 0.4) is 0 Å². The van der Waals surface area contributed by atoms with E-state index in [0.29, 0.717) is 24.5 Å². The molecule has 0 spiro atoms. The Morgan fingerprint density at radius 1 is 1.13 bits per heavy atom. The van der Waals surface area contributed by atoms with Crippen LogP contribution in [0.15, 0.2) is 12.2 Å². The Hall–Kier alpha value is -1.36. The summed E-state index contributed by atoms with van der Waals surface area (Å²) >= 11 is 0. The van der Waals surface area contributed by atoms with E-state index in [9.17, 15) is 9.59 Å². The van der Waals surface area contributed by atoms with Crippen LogP contribution < -0.4 is 0 Å². The molecular formula is C18H26O5. The summed E-state index contributed by atoms with van der Waals surface area (Å²) in [6.45, 7) is 5.93. The first kappa shape index (κ1) is 16.5. The molecule has 5 nitrogen and oxygen atoms in total. The van der Waals surface area contributed by atoms with E-state index >= 15 is 0 Å². The monoisotopic (exact) mass is 322 g/mol. The molecule has 0 amide bonds. The number of hydrogen-bond donors (Lipinski definition) is 0. The largest absolute Gasteiger partial charge is 0.469 e. The minimum Gasteiger partial charge on any atom is -0.469 e. The molecule has 4 aliphatic carbocycles. The molecule has 5 heteroatoms. The number of esters is 2. The third kappa shape index (κ3) is 2.59. The summed E-state index contributed by atoms with van der Waals surface area (Å²) in [4.78, 5) is 24.7. The van der Waals surface area contributed by atoms with Crippen LogP contribution in [0.25, 0.3) is 0 Å². The maximum absolute atomic E-state index is 12.6. The van der Waals surface area contributed by atoms with Gasteiger partial charge in [0.1, 0.15) is 5.60 Å². The van der Waals surface area contributed by atoms with Gasteiger partial charge in [0.2, 0.25) is 0 Å². The third-order valence-corrected chi connectivity index (χ3v) is 5.86. The zero-order valence-electron chi connectivity index (χ0n) is 14.3. The number of carbonyl (C=O) groups excluding carboxylic acids is 2. The first-order valence-electron chi connectivity index (χ1n) is 8.24. The standard InChI is InChI=1S/C18H26O5/c1-12(2)14(19)23-18-7-13-5-16(9-18,11-21-3)8-17(6-13,10-18)15(20)22-4/h13H,1,5-11H2,2-4H3. The van der Waals surface area contributed by atoms with Crippen molar-refractivity contribution in [3.63, 3.8) is 0 Å². The van der Waals surface area contributed by atoms with Crippen LogP contribution in [0.1, 0.15) is 45.4 Å². The third-order valence-electron chi connectivity index (χ3n) is 5.86. The Labute approximate surface area is 137 Å². The SMILES string of the molecule is C=C(C)C(=O)OC12CC3CC(COC)(C1)CC(C(=O)OC)(C3)C2. The van der Waals surface area contributed by atoms with Crippen LogP contribution in [0.5, 0.6) is 0 Å². The Morgan fingerprint density at radius 2 is 1.87 bits per heavy atom. The molecule has 0 aromatic carbocycles. The van der Waals surface area contributed by atoms with Gasteiger partial charge in [0.15, 0.2) is 0 Å². The van der Waals surface area contributed by atoms with Gasteiger partial charge in [0.05, 0.1) is 19.1 Å². The Kier molecular flexibility index (Phi) is 3.82. The average Bonchev–Trinajstić information content (AvgIpc) is 2.44. The lowest BCUT2D eigenvalue weighted by atomic mass is 9.42. The van der Waals surface area contributed by atoms with Crippen molar-refractivity contribution in [2.24, 2.45) is 16.7 Å².